The normalized spacial score (nSPS) is 43.6. The molecule has 0 aromatic heterocycles. The summed E-state index contributed by atoms with van der Waals surface area (Å²) in [5.74, 6) is -1.71. The highest BCUT2D eigenvalue weighted by molar-refractivity contribution is 5.83. The van der Waals surface area contributed by atoms with Gasteiger partial charge in [0, 0.05) is 11.3 Å². The first-order valence-electron chi connectivity index (χ1n) is 7.07. The van der Waals surface area contributed by atoms with Crippen molar-refractivity contribution in [1.29, 1.82) is 0 Å². The molecule has 4 N–H and O–H groups in total. The van der Waals surface area contributed by atoms with Crippen molar-refractivity contribution in [1.82, 2.24) is 0 Å². The molecule has 2 aliphatic rings. The Balaban J connectivity index is 2.67. The molecule has 0 unspecified atom stereocenters. The minimum Gasteiger partial charge on any atom is -0.479 e. The average molecular weight is 284 g/mol. The number of rotatable bonds is 2. The summed E-state index contributed by atoms with van der Waals surface area (Å²) in [7, 11) is 0. The number of aliphatic hydroxyl groups is 3. The minimum atomic E-state index is -2.12. The maximum atomic E-state index is 11.7. The fourth-order valence-electron chi connectivity index (χ4n) is 4.67. The van der Waals surface area contributed by atoms with Crippen molar-refractivity contribution in [3.05, 3.63) is 11.6 Å². The van der Waals surface area contributed by atoms with Gasteiger partial charge in [0.2, 0.25) is 0 Å². The van der Waals surface area contributed by atoms with Crippen LogP contribution in [0.5, 0.6) is 0 Å². The lowest BCUT2D eigenvalue weighted by molar-refractivity contribution is -0.199. The molecule has 4 atom stereocenters. The van der Waals surface area contributed by atoms with Crippen LogP contribution < -0.4 is 0 Å². The SMILES string of the molecule is CC1(C)CCC[C@@]2(C)[C@H]1[C@H](O)C=C(CO)[C@]2(O)C(=O)O. The van der Waals surface area contributed by atoms with Crippen molar-refractivity contribution in [2.75, 3.05) is 6.61 Å². The lowest BCUT2D eigenvalue weighted by atomic mass is 9.46. The predicted molar refractivity (Wildman–Crippen MR) is 73.0 cm³/mol. The maximum Gasteiger partial charge on any atom is 0.340 e. The summed E-state index contributed by atoms with van der Waals surface area (Å²) < 4.78 is 0. The van der Waals surface area contributed by atoms with Crippen molar-refractivity contribution in [3.8, 4) is 0 Å². The van der Waals surface area contributed by atoms with Crippen molar-refractivity contribution in [3.63, 3.8) is 0 Å². The van der Waals surface area contributed by atoms with Crippen LogP contribution in [0.1, 0.15) is 40.0 Å². The van der Waals surface area contributed by atoms with Crippen molar-refractivity contribution in [2.24, 2.45) is 16.7 Å². The molecule has 1 saturated carbocycles. The zero-order chi connectivity index (χ0) is 15.3. The number of carboxylic acid groups (broad SMARTS) is 1. The van der Waals surface area contributed by atoms with Crippen LogP contribution in [0.2, 0.25) is 0 Å². The molecule has 0 bridgehead atoms. The number of fused-ring (bicyclic) bond motifs is 1. The highest BCUT2D eigenvalue weighted by Gasteiger charge is 2.66. The fourth-order valence-corrected chi connectivity index (χ4v) is 4.67. The van der Waals surface area contributed by atoms with Crippen LogP contribution in [-0.2, 0) is 4.79 Å². The Morgan fingerprint density at radius 1 is 1.35 bits per heavy atom. The van der Waals surface area contributed by atoms with Crippen LogP contribution in [0, 0.1) is 16.7 Å². The zero-order valence-corrected chi connectivity index (χ0v) is 12.3. The van der Waals surface area contributed by atoms with Crippen LogP contribution in [0.3, 0.4) is 0 Å². The van der Waals surface area contributed by atoms with E-state index in [0.29, 0.717) is 6.42 Å². The number of aliphatic hydroxyl groups excluding tert-OH is 2. The summed E-state index contributed by atoms with van der Waals surface area (Å²) in [5, 5.41) is 40.3. The largest absolute Gasteiger partial charge is 0.479 e. The molecule has 0 aromatic rings. The van der Waals surface area contributed by atoms with Crippen LogP contribution >= 0.6 is 0 Å². The first-order chi connectivity index (χ1) is 9.11. The van der Waals surface area contributed by atoms with E-state index >= 15 is 0 Å². The monoisotopic (exact) mass is 284 g/mol. The molecule has 0 spiro atoms. The molecule has 0 heterocycles. The molecule has 1 fully saturated rings. The molecule has 20 heavy (non-hydrogen) atoms. The van der Waals surface area contributed by atoms with Gasteiger partial charge in [0.05, 0.1) is 12.7 Å². The Morgan fingerprint density at radius 2 is 1.95 bits per heavy atom. The Kier molecular flexibility index (Phi) is 3.52. The second kappa shape index (κ2) is 4.55. The van der Waals surface area contributed by atoms with Crippen molar-refractivity contribution < 1.29 is 25.2 Å². The first kappa shape index (κ1) is 15.5. The number of hydrogen-bond donors (Lipinski definition) is 4. The highest BCUT2D eigenvalue weighted by atomic mass is 16.4. The summed E-state index contributed by atoms with van der Waals surface area (Å²) in [5.41, 5.74) is -3.39. The topological polar surface area (TPSA) is 98.0 Å². The quantitative estimate of drug-likeness (QED) is 0.565. The van der Waals surface area contributed by atoms with E-state index in [1.807, 2.05) is 13.8 Å². The van der Waals surface area contributed by atoms with E-state index in [4.69, 9.17) is 0 Å². The van der Waals surface area contributed by atoms with Gasteiger partial charge in [0.25, 0.3) is 0 Å². The van der Waals surface area contributed by atoms with Gasteiger partial charge in [-0.05, 0) is 23.8 Å². The molecule has 2 aliphatic carbocycles. The van der Waals surface area contributed by atoms with E-state index in [0.717, 1.165) is 12.8 Å². The van der Waals surface area contributed by atoms with Crippen LogP contribution in [0.15, 0.2) is 11.6 Å². The highest BCUT2D eigenvalue weighted by Crippen LogP contribution is 2.61. The van der Waals surface area contributed by atoms with Gasteiger partial charge in [0.15, 0.2) is 5.60 Å². The van der Waals surface area contributed by atoms with E-state index in [2.05, 4.69) is 0 Å². The van der Waals surface area contributed by atoms with Crippen LogP contribution in [-0.4, -0.2) is 44.7 Å². The number of aliphatic carboxylic acids is 1. The van der Waals surface area contributed by atoms with Gasteiger partial charge in [0.1, 0.15) is 0 Å². The predicted octanol–water partition coefficient (Wildman–Crippen LogP) is 0.928. The summed E-state index contributed by atoms with van der Waals surface area (Å²) in [6, 6.07) is 0. The molecule has 114 valence electrons. The first-order valence-corrected chi connectivity index (χ1v) is 7.07. The standard InChI is InChI=1S/C15H24O5/c1-13(2)5-4-6-14(3)11(13)10(17)7-9(8-16)15(14,20)12(18)19/h7,10-11,16-17,20H,4-6,8H2,1-3H3,(H,18,19)/t10-,11+,14+,15+/m1/s1. The molecular formula is C15H24O5. The summed E-state index contributed by atoms with van der Waals surface area (Å²) >= 11 is 0. The third kappa shape index (κ3) is 1.76. The summed E-state index contributed by atoms with van der Waals surface area (Å²) in [4.78, 5) is 11.7. The molecule has 0 aliphatic heterocycles. The minimum absolute atomic E-state index is 0.00560. The Morgan fingerprint density at radius 3 is 2.45 bits per heavy atom. The second-order valence-corrected chi connectivity index (χ2v) is 7.09. The molecule has 0 aromatic carbocycles. The van der Waals surface area contributed by atoms with Gasteiger partial charge < -0.3 is 20.4 Å². The summed E-state index contributed by atoms with van der Waals surface area (Å²) in [6.45, 7) is 5.15. The number of hydrogen-bond acceptors (Lipinski definition) is 4. The number of carboxylic acids is 1. The van der Waals surface area contributed by atoms with E-state index in [1.54, 1.807) is 6.92 Å². The zero-order valence-electron chi connectivity index (χ0n) is 12.3. The van der Waals surface area contributed by atoms with Gasteiger partial charge in [-0.3, -0.25) is 0 Å². The van der Waals surface area contributed by atoms with Gasteiger partial charge in [-0.25, -0.2) is 4.79 Å². The Bertz CT molecular complexity index is 455. The van der Waals surface area contributed by atoms with E-state index in [1.165, 1.54) is 6.08 Å². The van der Waals surface area contributed by atoms with Gasteiger partial charge in [-0.15, -0.1) is 0 Å². The molecule has 0 saturated heterocycles. The average Bonchev–Trinajstić information content (AvgIpc) is 2.32. The van der Waals surface area contributed by atoms with Gasteiger partial charge in [-0.2, -0.15) is 0 Å². The molecule has 2 rings (SSSR count). The smallest absolute Gasteiger partial charge is 0.340 e. The molecule has 5 heteroatoms. The number of carbonyl (C=O) groups is 1. The molecule has 0 radical (unpaired) electrons. The molecular weight excluding hydrogens is 260 g/mol. The Labute approximate surface area is 118 Å². The maximum absolute atomic E-state index is 11.7. The molecule has 5 nitrogen and oxygen atoms in total. The van der Waals surface area contributed by atoms with E-state index in [-0.39, 0.29) is 16.9 Å². The van der Waals surface area contributed by atoms with Gasteiger partial charge in [-0.1, -0.05) is 33.3 Å². The van der Waals surface area contributed by atoms with Crippen LogP contribution in [0.25, 0.3) is 0 Å². The van der Waals surface area contributed by atoms with E-state index in [9.17, 15) is 25.2 Å². The lowest BCUT2D eigenvalue weighted by Crippen LogP contribution is -2.66. The van der Waals surface area contributed by atoms with Crippen LogP contribution in [0.4, 0.5) is 0 Å². The summed E-state index contributed by atoms with van der Waals surface area (Å²) in [6.07, 6.45) is 2.66. The lowest BCUT2D eigenvalue weighted by Gasteiger charge is -2.59. The van der Waals surface area contributed by atoms with Crippen molar-refractivity contribution in [2.45, 2.75) is 51.7 Å². The van der Waals surface area contributed by atoms with E-state index < -0.39 is 29.7 Å². The fraction of sp³-hybridized carbons (Fsp3) is 0.800. The second-order valence-electron chi connectivity index (χ2n) is 7.09. The van der Waals surface area contributed by atoms with Crippen molar-refractivity contribution >= 4 is 5.97 Å². The Hall–Kier alpha value is -0.910. The van der Waals surface area contributed by atoms with Gasteiger partial charge >= 0.3 is 5.97 Å². The third-order valence-corrected chi connectivity index (χ3v) is 5.53. The third-order valence-electron chi connectivity index (χ3n) is 5.53. The molecule has 0 amide bonds.